The van der Waals surface area contributed by atoms with E-state index >= 15 is 0 Å². The molecule has 0 aliphatic carbocycles. The highest BCUT2D eigenvalue weighted by atomic mass is 35.5. The van der Waals surface area contributed by atoms with Crippen LogP contribution in [0.5, 0.6) is 0 Å². The Morgan fingerprint density at radius 3 is 2.47 bits per heavy atom. The Labute approximate surface area is 105 Å². The number of carbonyl (C=O) groups is 1. The fourth-order valence-electron chi connectivity index (χ4n) is 1.41. The predicted molar refractivity (Wildman–Crippen MR) is 68.3 cm³/mol. The van der Waals surface area contributed by atoms with Crippen molar-refractivity contribution in [3.05, 3.63) is 64.6 Å². The number of halogens is 1. The number of ketones is 1. The van der Waals surface area contributed by atoms with Crippen molar-refractivity contribution in [3.8, 4) is 0 Å². The van der Waals surface area contributed by atoms with Crippen molar-refractivity contribution < 1.29 is 9.21 Å². The molecule has 1 aromatic carbocycles. The van der Waals surface area contributed by atoms with E-state index in [0.29, 0.717) is 16.3 Å². The molecular formula is C14H11ClO2. The first-order valence-electron chi connectivity index (χ1n) is 5.19. The van der Waals surface area contributed by atoms with E-state index in [2.05, 4.69) is 0 Å². The van der Waals surface area contributed by atoms with E-state index in [1.807, 2.05) is 19.1 Å². The summed E-state index contributed by atoms with van der Waals surface area (Å²) in [5, 5.41) is 0.618. The largest absolute Gasteiger partial charge is 0.462 e. The van der Waals surface area contributed by atoms with Gasteiger partial charge in [0.05, 0.1) is 0 Å². The number of allylic oxidation sites excluding steroid dienone is 1. The molecule has 17 heavy (non-hydrogen) atoms. The number of rotatable bonds is 3. The van der Waals surface area contributed by atoms with Gasteiger partial charge in [0.25, 0.3) is 0 Å². The van der Waals surface area contributed by atoms with Crippen LogP contribution in [-0.4, -0.2) is 5.78 Å². The molecule has 3 heteroatoms. The summed E-state index contributed by atoms with van der Waals surface area (Å²) in [5.74, 6) is 1.42. The monoisotopic (exact) mass is 246 g/mol. The summed E-state index contributed by atoms with van der Waals surface area (Å²) in [6, 6.07) is 10.5. The standard InChI is InChI=1S/C14H11ClO2/c1-10-2-7-13(17-10)8-9-14(16)11-3-5-12(15)6-4-11/h2-9H,1H3/b9-8+. The third kappa shape index (κ3) is 3.08. The minimum atomic E-state index is -0.0734. The quantitative estimate of drug-likeness (QED) is 0.602. The second-order valence-electron chi connectivity index (χ2n) is 3.65. The van der Waals surface area contributed by atoms with Crippen LogP contribution in [0.1, 0.15) is 21.9 Å². The molecular weight excluding hydrogens is 236 g/mol. The molecule has 0 unspecified atom stereocenters. The van der Waals surface area contributed by atoms with Crippen molar-refractivity contribution >= 4 is 23.5 Å². The SMILES string of the molecule is Cc1ccc(/C=C/C(=O)c2ccc(Cl)cc2)o1. The molecule has 2 aromatic rings. The van der Waals surface area contributed by atoms with Gasteiger partial charge in [0.2, 0.25) is 0 Å². The molecule has 0 aliphatic rings. The molecule has 0 aliphatic heterocycles. The Kier molecular flexibility index (Phi) is 3.45. The molecule has 0 atom stereocenters. The van der Waals surface area contributed by atoms with Crippen molar-refractivity contribution in [1.82, 2.24) is 0 Å². The Morgan fingerprint density at radius 1 is 1.18 bits per heavy atom. The maximum absolute atomic E-state index is 11.8. The van der Waals surface area contributed by atoms with Crippen LogP contribution in [0, 0.1) is 6.92 Å². The average molecular weight is 247 g/mol. The lowest BCUT2D eigenvalue weighted by molar-refractivity contribution is 0.104. The summed E-state index contributed by atoms with van der Waals surface area (Å²) in [5.41, 5.74) is 0.605. The van der Waals surface area contributed by atoms with Crippen molar-refractivity contribution in [2.45, 2.75) is 6.92 Å². The van der Waals surface area contributed by atoms with Gasteiger partial charge in [-0.15, -0.1) is 0 Å². The fourth-order valence-corrected chi connectivity index (χ4v) is 1.54. The van der Waals surface area contributed by atoms with Crippen molar-refractivity contribution in [2.75, 3.05) is 0 Å². The Morgan fingerprint density at radius 2 is 1.88 bits per heavy atom. The number of furan rings is 1. The topological polar surface area (TPSA) is 30.2 Å². The first kappa shape index (κ1) is 11.7. The highest BCUT2D eigenvalue weighted by Gasteiger charge is 2.01. The lowest BCUT2D eigenvalue weighted by Crippen LogP contribution is -1.92. The number of aryl methyl sites for hydroxylation is 1. The molecule has 0 saturated heterocycles. The van der Waals surface area contributed by atoms with Gasteiger partial charge in [0.15, 0.2) is 5.78 Å². The number of hydrogen-bond donors (Lipinski definition) is 0. The van der Waals surface area contributed by atoms with Crippen LogP contribution in [0.3, 0.4) is 0 Å². The summed E-state index contributed by atoms with van der Waals surface area (Å²) >= 11 is 5.75. The van der Waals surface area contributed by atoms with Crippen molar-refractivity contribution in [2.24, 2.45) is 0 Å². The Bertz CT molecular complexity index is 550. The molecule has 1 aromatic heterocycles. The fraction of sp³-hybridized carbons (Fsp3) is 0.0714. The zero-order valence-electron chi connectivity index (χ0n) is 9.31. The van der Waals surface area contributed by atoms with Gasteiger partial charge in [0, 0.05) is 10.6 Å². The van der Waals surface area contributed by atoms with E-state index in [1.165, 1.54) is 6.08 Å². The first-order valence-corrected chi connectivity index (χ1v) is 5.57. The van der Waals surface area contributed by atoms with Gasteiger partial charge in [-0.3, -0.25) is 4.79 Å². The zero-order valence-corrected chi connectivity index (χ0v) is 10.1. The Balaban J connectivity index is 2.11. The van der Waals surface area contributed by atoms with Gasteiger partial charge < -0.3 is 4.42 Å². The van der Waals surface area contributed by atoms with Gasteiger partial charge in [-0.2, -0.15) is 0 Å². The maximum Gasteiger partial charge on any atom is 0.185 e. The van der Waals surface area contributed by atoms with Gasteiger partial charge in [-0.25, -0.2) is 0 Å². The van der Waals surface area contributed by atoms with Gasteiger partial charge in [-0.05, 0) is 55.5 Å². The van der Waals surface area contributed by atoms with Crippen LogP contribution in [0.2, 0.25) is 5.02 Å². The van der Waals surface area contributed by atoms with Crippen LogP contribution in [-0.2, 0) is 0 Å². The van der Waals surface area contributed by atoms with Crippen LogP contribution in [0.15, 0.2) is 46.9 Å². The van der Waals surface area contributed by atoms with E-state index in [-0.39, 0.29) is 5.78 Å². The normalized spacial score (nSPS) is 10.9. The summed E-state index contributed by atoms with van der Waals surface area (Å²) in [7, 11) is 0. The molecule has 0 amide bonds. The number of carbonyl (C=O) groups excluding carboxylic acids is 1. The minimum Gasteiger partial charge on any atom is -0.462 e. The van der Waals surface area contributed by atoms with Crippen LogP contribution >= 0.6 is 11.6 Å². The van der Waals surface area contributed by atoms with E-state index < -0.39 is 0 Å². The minimum absolute atomic E-state index is 0.0734. The number of hydrogen-bond acceptors (Lipinski definition) is 2. The van der Waals surface area contributed by atoms with Gasteiger partial charge >= 0.3 is 0 Å². The van der Waals surface area contributed by atoms with Crippen LogP contribution < -0.4 is 0 Å². The molecule has 2 nitrogen and oxygen atoms in total. The second kappa shape index (κ2) is 5.02. The highest BCUT2D eigenvalue weighted by molar-refractivity contribution is 6.30. The van der Waals surface area contributed by atoms with Crippen molar-refractivity contribution in [3.63, 3.8) is 0 Å². The summed E-state index contributed by atoms with van der Waals surface area (Å²) in [4.78, 5) is 11.8. The number of benzene rings is 1. The smallest absolute Gasteiger partial charge is 0.185 e. The average Bonchev–Trinajstić information content (AvgIpc) is 2.73. The first-order chi connectivity index (χ1) is 8.15. The zero-order chi connectivity index (χ0) is 12.3. The summed E-state index contributed by atoms with van der Waals surface area (Å²) in [6.45, 7) is 1.86. The third-order valence-corrected chi connectivity index (χ3v) is 2.54. The highest BCUT2D eigenvalue weighted by Crippen LogP contribution is 2.12. The third-order valence-electron chi connectivity index (χ3n) is 2.29. The van der Waals surface area contributed by atoms with Gasteiger partial charge in [0.1, 0.15) is 11.5 Å². The molecule has 2 rings (SSSR count). The van der Waals surface area contributed by atoms with E-state index in [4.69, 9.17) is 16.0 Å². The molecule has 0 radical (unpaired) electrons. The lowest BCUT2D eigenvalue weighted by atomic mass is 10.1. The molecule has 0 saturated carbocycles. The summed E-state index contributed by atoms with van der Waals surface area (Å²) < 4.78 is 5.33. The van der Waals surface area contributed by atoms with E-state index in [1.54, 1.807) is 30.3 Å². The molecule has 0 N–H and O–H groups in total. The van der Waals surface area contributed by atoms with Crippen LogP contribution in [0.4, 0.5) is 0 Å². The summed E-state index contributed by atoms with van der Waals surface area (Å²) in [6.07, 6.45) is 3.14. The van der Waals surface area contributed by atoms with E-state index in [0.717, 1.165) is 5.76 Å². The lowest BCUT2D eigenvalue weighted by Gasteiger charge is -1.95. The molecule has 0 spiro atoms. The molecule has 86 valence electrons. The Hall–Kier alpha value is -1.80. The second-order valence-corrected chi connectivity index (χ2v) is 4.09. The maximum atomic E-state index is 11.8. The molecule has 0 fully saturated rings. The van der Waals surface area contributed by atoms with E-state index in [9.17, 15) is 4.79 Å². The van der Waals surface area contributed by atoms with Crippen molar-refractivity contribution in [1.29, 1.82) is 0 Å². The predicted octanol–water partition coefficient (Wildman–Crippen LogP) is 4.14. The molecule has 0 bridgehead atoms. The van der Waals surface area contributed by atoms with Gasteiger partial charge in [-0.1, -0.05) is 11.6 Å². The molecule has 1 heterocycles. The van der Waals surface area contributed by atoms with Crippen LogP contribution in [0.25, 0.3) is 6.08 Å².